The second-order valence-corrected chi connectivity index (χ2v) is 5.29. The Kier molecular flexibility index (Phi) is 4.13. The molecule has 0 saturated heterocycles. The number of benzene rings is 1. The summed E-state index contributed by atoms with van der Waals surface area (Å²) in [5.41, 5.74) is 1.30. The van der Waals surface area contributed by atoms with Gasteiger partial charge in [0, 0.05) is 0 Å². The Morgan fingerprint density at radius 1 is 1.32 bits per heavy atom. The standard InChI is InChI=1S/C16H22O3/c1-3-12-13(8-7-9-14(12)19-2)16(15(17)18)10-5-4-6-11-16/h7-9H,3-6,10-11H2,1-2H3,(H,17,18). The monoisotopic (exact) mass is 262 g/mol. The molecule has 0 spiro atoms. The van der Waals surface area contributed by atoms with Crippen molar-refractivity contribution in [1.29, 1.82) is 0 Å². The number of hydrogen-bond donors (Lipinski definition) is 1. The fourth-order valence-corrected chi connectivity index (χ4v) is 3.32. The number of rotatable bonds is 4. The highest BCUT2D eigenvalue weighted by atomic mass is 16.5. The summed E-state index contributed by atoms with van der Waals surface area (Å²) < 4.78 is 5.40. The fourth-order valence-electron chi connectivity index (χ4n) is 3.32. The summed E-state index contributed by atoms with van der Waals surface area (Å²) in [6.07, 6.45) is 5.40. The van der Waals surface area contributed by atoms with Crippen LogP contribution < -0.4 is 4.74 Å². The van der Waals surface area contributed by atoms with E-state index in [0.29, 0.717) is 0 Å². The molecule has 0 aliphatic heterocycles. The highest BCUT2D eigenvalue weighted by molar-refractivity contribution is 5.82. The van der Waals surface area contributed by atoms with Gasteiger partial charge in [0.25, 0.3) is 0 Å². The first-order chi connectivity index (χ1) is 9.15. The Morgan fingerprint density at radius 3 is 2.53 bits per heavy atom. The van der Waals surface area contributed by atoms with Crippen molar-refractivity contribution in [3.63, 3.8) is 0 Å². The van der Waals surface area contributed by atoms with Crippen LogP contribution in [0.3, 0.4) is 0 Å². The zero-order valence-electron chi connectivity index (χ0n) is 11.7. The van der Waals surface area contributed by atoms with E-state index in [0.717, 1.165) is 55.4 Å². The van der Waals surface area contributed by atoms with Gasteiger partial charge in [-0.1, -0.05) is 38.3 Å². The van der Waals surface area contributed by atoms with Crippen molar-refractivity contribution in [3.8, 4) is 5.75 Å². The van der Waals surface area contributed by atoms with Crippen LogP contribution >= 0.6 is 0 Å². The summed E-state index contributed by atoms with van der Waals surface area (Å²) in [6, 6.07) is 5.80. The minimum atomic E-state index is -0.710. The van der Waals surface area contributed by atoms with E-state index in [1.165, 1.54) is 0 Å². The van der Waals surface area contributed by atoms with Gasteiger partial charge in [0.05, 0.1) is 12.5 Å². The second-order valence-electron chi connectivity index (χ2n) is 5.29. The normalized spacial score (nSPS) is 18.0. The molecule has 1 aliphatic rings. The summed E-state index contributed by atoms with van der Waals surface area (Å²) in [7, 11) is 1.65. The minimum Gasteiger partial charge on any atom is -0.496 e. The number of aliphatic carboxylic acids is 1. The van der Waals surface area contributed by atoms with Gasteiger partial charge in [-0.2, -0.15) is 0 Å². The van der Waals surface area contributed by atoms with Crippen LogP contribution in [0.4, 0.5) is 0 Å². The van der Waals surface area contributed by atoms with E-state index in [4.69, 9.17) is 4.74 Å². The maximum Gasteiger partial charge on any atom is 0.314 e. The molecule has 0 radical (unpaired) electrons. The van der Waals surface area contributed by atoms with E-state index in [2.05, 4.69) is 6.92 Å². The van der Waals surface area contributed by atoms with Crippen LogP contribution in [0.5, 0.6) is 5.75 Å². The molecule has 1 saturated carbocycles. The summed E-state index contributed by atoms with van der Waals surface area (Å²) in [5, 5.41) is 9.78. The highest BCUT2D eigenvalue weighted by Crippen LogP contribution is 2.43. The van der Waals surface area contributed by atoms with Gasteiger partial charge >= 0.3 is 5.97 Å². The zero-order valence-corrected chi connectivity index (χ0v) is 11.7. The first-order valence-corrected chi connectivity index (χ1v) is 7.05. The van der Waals surface area contributed by atoms with Gasteiger partial charge in [-0.3, -0.25) is 4.79 Å². The molecule has 0 heterocycles. The number of carbonyl (C=O) groups is 1. The molecule has 1 N–H and O–H groups in total. The first-order valence-electron chi connectivity index (χ1n) is 7.05. The van der Waals surface area contributed by atoms with E-state index >= 15 is 0 Å². The van der Waals surface area contributed by atoms with E-state index in [1.807, 2.05) is 18.2 Å². The third-order valence-electron chi connectivity index (χ3n) is 4.34. The van der Waals surface area contributed by atoms with Gasteiger partial charge < -0.3 is 9.84 Å². The van der Waals surface area contributed by atoms with Crippen LogP contribution in [0, 0.1) is 0 Å². The van der Waals surface area contributed by atoms with Gasteiger partial charge in [0.2, 0.25) is 0 Å². The lowest BCUT2D eigenvalue weighted by Crippen LogP contribution is -2.38. The molecule has 0 amide bonds. The smallest absolute Gasteiger partial charge is 0.314 e. The molecule has 1 aromatic carbocycles. The van der Waals surface area contributed by atoms with Gasteiger partial charge in [-0.15, -0.1) is 0 Å². The molecule has 19 heavy (non-hydrogen) atoms. The molecule has 1 aliphatic carbocycles. The summed E-state index contributed by atoms with van der Waals surface area (Å²) >= 11 is 0. The van der Waals surface area contributed by atoms with E-state index in [9.17, 15) is 9.90 Å². The van der Waals surface area contributed by atoms with E-state index < -0.39 is 11.4 Å². The topological polar surface area (TPSA) is 46.5 Å². The maximum absolute atomic E-state index is 11.9. The van der Waals surface area contributed by atoms with Gasteiger partial charge in [-0.05, 0) is 36.5 Å². The van der Waals surface area contributed by atoms with Crippen molar-refractivity contribution < 1.29 is 14.6 Å². The van der Waals surface area contributed by atoms with Crippen molar-refractivity contribution >= 4 is 5.97 Å². The average Bonchev–Trinajstić information content (AvgIpc) is 2.46. The molecule has 0 atom stereocenters. The third kappa shape index (κ3) is 2.34. The lowest BCUT2D eigenvalue weighted by atomic mass is 9.68. The van der Waals surface area contributed by atoms with Crippen LogP contribution in [-0.2, 0) is 16.6 Å². The van der Waals surface area contributed by atoms with E-state index in [-0.39, 0.29) is 0 Å². The minimum absolute atomic E-state index is 0.685. The van der Waals surface area contributed by atoms with Crippen molar-refractivity contribution in [3.05, 3.63) is 29.3 Å². The van der Waals surface area contributed by atoms with Gasteiger partial charge in [0.15, 0.2) is 0 Å². The molecule has 0 unspecified atom stereocenters. The second kappa shape index (κ2) is 5.64. The number of ether oxygens (including phenoxy) is 1. The van der Waals surface area contributed by atoms with Crippen molar-refractivity contribution in [1.82, 2.24) is 0 Å². The average molecular weight is 262 g/mol. The zero-order chi connectivity index (χ0) is 13.9. The predicted molar refractivity (Wildman–Crippen MR) is 74.8 cm³/mol. The van der Waals surface area contributed by atoms with Crippen molar-refractivity contribution in [2.24, 2.45) is 0 Å². The molecule has 1 fully saturated rings. The Morgan fingerprint density at radius 2 is 2.00 bits per heavy atom. The molecule has 2 rings (SSSR count). The van der Waals surface area contributed by atoms with Crippen LogP contribution in [0.15, 0.2) is 18.2 Å². The predicted octanol–water partition coefficient (Wildman–Crippen LogP) is 3.54. The Hall–Kier alpha value is -1.51. The molecule has 1 aromatic rings. The SMILES string of the molecule is CCc1c(OC)cccc1C1(C(=O)O)CCCCC1. The van der Waals surface area contributed by atoms with Crippen LogP contribution in [-0.4, -0.2) is 18.2 Å². The molecular formula is C16H22O3. The Labute approximate surface area is 114 Å². The summed E-state index contributed by atoms with van der Waals surface area (Å²) in [4.78, 5) is 11.9. The fraction of sp³-hybridized carbons (Fsp3) is 0.562. The van der Waals surface area contributed by atoms with Crippen LogP contribution in [0.25, 0.3) is 0 Å². The number of carboxylic acids is 1. The maximum atomic E-state index is 11.9. The number of methoxy groups -OCH3 is 1. The summed E-state index contributed by atoms with van der Waals surface area (Å²) in [6.45, 7) is 2.06. The van der Waals surface area contributed by atoms with Crippen molar-refractivity contribution in [2.45, 2.75) is 50.9 Å². The van der Waals surface area contributed by atoms with Gasteiger partial charge in [-0.25, -0.2) is 0 Å². The first kappa shape index (κ1) is 13.9. The largest absolute Gasteiger partial charge is 0.496 e. The number of carboxylic acid groups (broad SMARTS) is 1. The lowest BCUT2D eigenvalue weighted by molar-refractivity contribution is -0.145. The molecule has 3 nitrogen and oxygen atoms in total. The van der Waals surface area contributed by atoms with E-state index in [1.54, 1.807) is 7.11 Å². The lowest BCUT2D eigenvalue weighted by Gasteiger charge is -2.35. The quantitative estimate of drug-likeness (QED) is 0.902. The molecular weight excluding hydrogens is 240 g/mol. The van der Waals surface area contributed by atoms with Crippen LogP contribution in [0.1, 0.15) is 50.2 Å². The summed E-state index contributed by atoms with van der Waals surface area (Å²) in [5.74, 6) is 0.126. The van der Waals surface area contributed by atoms with Gasteiger partial charge in [0.1, 0.15) is 5.75 Å². The third-order valence-corrected chi connectivity index (χ3v) is 4.34. The number of hydrogen-bond acceptors (Lipinski definition) is 2. The Balaban J connectivity index is 2.56. The molecule has 104 valence electrons. The molecule has 0 aromatic heterocycles. The highest BCUT2D eigenvalue weighted by Gasteiger charge is 2.42. The molecule has 0 bridgehead atoms. The van der Waals surface area contributed by atoms with Crippen molar-refractivity contribution in [2.75, 3.05) is 7.11 Å². The molecule has 3 heteroatoms. The Bertz CT molecular complexity index is 459. The van der Waals surface area contributed by atoms with Crippen LogP contribution in [0.2, 0.25) is 0 Å².